The van der Waals surface area contributed by atoms with Crippen molar-refractivity contribution in [3.63, 3.8) is 0 Å². The van der Waals surface area contributed by atoms with E-state index < -0.39 is 5.97 Å². The van der Waals surface area contributed by atoms with Gasteiger partial charge in [0.25, 0.3) is 0 Å². The lowest BCUT2D eigenvalue weighted by Crippen LogP contribution is -2.44. The fraction of sp³-hybridized carbons (Fsp3) is 0.615. The van der Waals surface area contributed by atoms with Crippen LogP contribution in [0.3, 0.4) is 0 Å². The minimum absolute atomic E-state index is 0.0411. The highest BCUT2D eigenvalue weighted by Crippen LogP contribution is 2.19. The fourth-order valence-corrected chi connectivity index (χ4v) is 2.47. The number of aryl methyl sites for hydroxylation is 1. The summed E-state index contributed by atoms with van der Waals surface area (Å²) >= 11 is 0. The Morgan fingerprint density at radius 1 is 1.44 bits per heavy atom. The molecule has 5 heteroatoms. The van der Waals surface area contributed by atoms with Crippen LogP contribution in [0.1, 0.15) is 35.7 Å². The summed E-state index contributed by atoms with van der Waals surface area (Å²) in [6.45, 7) is 8.14. The molecule has 1 aliphatic rings. The summed E-state index contributed by atoms with van der Waals surface area (Å²) in [4.78, 5) is 13.1. The molecule has 0 radical (unpaired) electrons. The predicted molar refractivity (Wildman–Crippen MR) is 65.7 cm³/mol. The molecule has 0 aromatic carbocycles. The molecule has 5 nitrogen and oxygen atoms in total. The molecule has 0 saturated carbocycles. The molecule has 1 aliphatic heterocycles. The SMILES string of the molecule is Cc1cc(CN2C[C@@H](C)O[C@@H](C)C2)oc1C(=O)O. The molecule has 100 valence electrons. The van der Waals surface area contributed by atoms with E-state index in [0.29, 0.717) is 17.9 Å². The second kappa shape index (κ2) is 5.12. The highest BCUT2D eigenvalue weighted by Gasteiger charge is 2.24. The maximum atomic E-state index is 10.9. The number of hydrogen-bond acceptors (Lipinski definition) is 4. The first kappa shape index (κ1) is 13.1. The highest BCUT2D eigenvalue weighted by molar-refractivity contribution is 5.86. The van der Waals surface area contributed by atoms with Crippen molar-refractivity contribution in [3.8, 4) is 0 Å². The molecule has 2 heterocycles. The van der Waals surface area contributed by atoms with Crippen LogP contribution in [0, 0.1) is 6.92 Å². The Labute approximate surface area is 106 Å². The number of hydrogen-bond donors (Lipinski definition) is 1. The molecule has 1 fully saturated rings. The molecule has 1 aromatic heterocycles. The van der Waals surface area contributed by atoms with Crippen molar-refractivity contribution in [1.29, 1.82) is 0 Å². The van der Waals surface area contributed by atoms with Gasteiger partial charge in [0.05, 0.1) is 18.8 Å². The van der Waals surface area contributed by atoms with Gasteiger partial charge in [-0.05, 0) is 26.8 Å². The number of carboxylic acid groups (broad SMARTS) is 1. The number of furan rings is 1. The van der Waals surface area contributed by atoms with Gasteiger partial charge in [0, 0.05) is 18.7 Å². The Morgan fingerprint density at radius 3 is 2.56 bits per heavy atom. The second-order valence-corrected chi connectivity index (χ2v) is 4.98. The number of morpholine rings is 1. The van der Waals surface area contributed by atoms with Gasteiger partial charge in [-0.25, -0.2) is 4.79 Å². The summed E-state index contributed by atoms with van der Waals surface area (Å²) in [6.07, 6.45) is 0.396. The van der Waals surface area contributed by atoms with E-state index in [1.54, 1.807) is 13.0 Å². The number of nitrogens with zero attached hydrogens (tertiary/aromatic N) is 1. The van der Waals surface area contributed by atoms with Crippen LogP contribution in [-0.4, -0.2) is 41.3 Å². The zero-order valence-corrected chi connectivity index (χ0v) is 11.0. The standard InChI is InChI=1S/C13H19NO4/c1-8-4-11(18-12(8)13(15)16)7-14-5-9(2)17-10(3)6-14/h4,9-10H,5-7H2,1-3H3,(H,15,16)/t9-,10+. The molecule has 1 N–H and O–H groups in total. The van der Waals surface area contributed by atoms with Crippen LogP contribution in [0.5, 0.6) is 0 Å². The van der Waals surface area contributed by atoms with Gasteiger partial charge in [0.1, 0.15) is 5.76 Å². The monoisotopic (exact) mass is 253 g/mol. The van der Waals surface area contributed by atoms with Crippen molar-refractivity contribution in [3.05, 3.63) is 23.2 Å². The van der Waals surface area contributed by atoms with Crippen molar-refractivity contribution in [2.45, 2.75) is 39.5 Å². The largest absolute Gasteiger partial charge is 0.475 e. The Balaban J connectivity index is 2.05. The van der Waals surface area contributed by atoms with E-state index in [1.165, 1.54) is 0 Å². The van der Waals surface area contributed by atoms with Crippen LogP contribution >= 0.6 is 0 Å². The third kappa shape index (κ3) is 2.91. The average molecular weight is 253 g/mol. The van der Waals surface area contributed by atoms with Gasteiger partial charge in [-0.2, -0.15) is 0 Å². The molecule has 0 unspecified atom stereocenters. The normalized spacial score (nSPS) is 25.3. The van der Waals surface area contributed by atoms with Gasteiger partial charge in [0.15, 0.2) is 0 Å². The summed E-state index contributed by atoms with van der Waals surface area (Å²) in [5.74, 6) is -0.270. The first-order chi connectivity index (χ1) is 8.45. The van der Waals surface area contributed by atoms with Gasteiger partial charge in [-0.15, -0.1) is 0 Å². The third-order valence-electron chi connectivity index (χ3n) is 3.04. The number of rotatable bonds is 3. The average Bonchev–Trinajstić information content (AvgIpc) is 2.57. The molecule has 18 heavy (non-hydrogen) atoms. The van der Waals surface area contributed by atoms with Crippen LogP contribution in [0.25, 0.3) is 0 Å². The van der Waals surface area contributed by atoms with Crippen LogP contribution in [-0.2, 0) is 11.3 Å². The topological polar surface area (TPSA) is 62.9 Å². The van der Waals surface area contributed by atoms with Crippen LogP contribution in [0.2, 0.25) is 0 Å². The summed E-state index contributed by atoms with van der Waals surface area (Å²) < 4.78 is 11.0. The van der Waals surface area contributed by atoms with Crippen molar-refractivity contribution in [2.75, 3.05) is 13.1 Å². The van der Waals surface area contributed by atoms with Crippen LogP contribution in [0.15, 0.2) is 10.5 Å². The fourth-order valence-electron chi connectivity index (χ4n) is 2.47. The van der Waals surface area contributed by atoms with E-state index in [-0.39, 0.29) is 18.0 Å². The summed E-state index contributed by atoms with van der Waals surface area (Å²) in [5, 5.41) is 8.94. The maximum Gasteiger partial charge on any atom is 0.372 e. The molecule has 0 amide bonds. The minimum atomic E-state index is -1.01. The molecular weight excluding hydrogens is 234 g/mol. The Hall–Kier alpha value is -1.33. The van der Waals surface area contributed by atoms with E-state index in [4.69, 9.17) is 14.3 Å². The van der Waals surface area contributed by atoms with E-state index in [0.717, 1.165) is 13.1 Å². The Kier molecular flexibility index (Phi) is 3.73. The molecule has 2 rings (SSSR count). The van der Waals surface area contributed by atoms with E-state index in [9.17, 15) is 4.79 Å². The lowest BCUT2D eigenvalue weighted by Gasteiger charge is -2.34. The van der Waals surface area contributed by atoms with Gasteiger partial charge in [0.2, 0.25) is 5.76 Å². The maximum absolute atomic E-state index is 10.9. The number of aromatic carboxylic acids is 1. The van der Waals surface area contributed by atoms with Crippen LogP contribution < -0.4 is 0 Å². The number of carbonyl (C=O) groups is 1. The Morgan fingerprint density at radius 2 is 2.06 bits per heavy atom. The smallest absolute Gasteiger partial charge is 0.372 e. The predicted octanol–water partition coefficient (Wildman–Crippen LogP) is 1.90. The molecule has 0 spiro atoms. The highest BCUT2D eigenvalue weighted by atomic mass is 16.5. The quantitative estimate of drug-likeness (QED) is 0.891. The van der Waals surface area contributed by atoms with E-state index in [1.807, 2.05) is 13.8 Å². The number of ether oxygens (including phenoxy) is 1. The zero-order chi connectivity index (χ0) is 13.3. The number of carboxylic acids is 1. The van der Waals surface area contributed by atoms with Gasteiger partial charge >= 0.3 is 5.97 Å². The van der Waals surface area contributed by atoms with Gasteiger partial charge in [-0.3, -0.25) is 4.90 Å². The Bertz CT molecular complexity index is 430. The lowest BCUT2D eigenvalue weighted by molar-refractivity contribution is -0.0718. The summed E-state index contributed by atoms with van der Waals surface area (Å²) in [5.41, 5.74) is 0.673. The van der Waals surface area contributed by atoms with Gasteiger partial charge in [-0.1, -0.05) is 0 Å². The van der Waals surface area contributed by atoms with Crippen molar-refractivity contribution in [1.82, 2.24) is 4.90 Å². The first-order valence-corrected chi connectivity index (χ1v) is 6.16. The van der Waals surface area contributed by atoms with Gasteiger partial charge < -0.3 is 14.3 Å². The molecular formula is C13H19NO4. The molecule has 1 saturated heterocycles. The lowest BCUT2D eigenvalue weighted by atomic mass is 10.2. The van der Waals surface area contributed by atoms with Crippen molar-refractivity contribution >= 4 is 5.97 Å². The molecule has 2 atom stereocenters. The second-order valence-electron chi connectivity index (χ2n) is 4.98. The minimum Gasteiger partial charge on any atom is -0.475 e. The molecule has 1 aromatic rings. The first-order valence-electron chi connectivity index (χ1n) is 6.16. The van der Waals surface area contributed by atoms with E-state index in [2.05, 4.69) is 4.90 Å². The summed E-state index contributed by atoms with van der Waals surface area (Å²) in [6, 6.07) is 1.80. The third-order valence-corrected chi connectivity index (χ3v) is 3.04. The summed E-state index contributed by atoms with van der Waals surface area (Å²) in [7, 11) is 0. The van der Waals surface area contributed by atoms with Crippen molar-refractivity contribution < 1.29 is 19.1 Å². The molecule has 0 aliphatic carbocycles. The zero-order valence-electron chi connectivity index (χ0n) is 11.0. The van der Waals surface area contributed by atoms with E-state index >= 15 is 0 Å². The van der Waals surface area contributed by atoms with Crippen molar-refractivity contribution in [2.24, 2.45) is 0 Å². The van der Waals surface area contributed by atoms with Crippen LogP contribution in [0.4, 0.5) is 0 Å². The molecule has 0 bridgehead atoms.